The number of ether oxygens (including phenoxy) is 1. The van der Waals surface area contributed by atoms with E-state index in [9.17, 15) is 15.0 Å². The highest BCUT2D eigenvalue weighted by Gasteiger charge is 2.67. The Bertz CT molecular complexity index is 617. The molecule has 1 heterocycles. The first kappa shape index (κ1) is 16.0. The van der Waals surface area contributed by atoms with Gasteiger partial charge in [0, 0.05) is 6.42 Å². The zero-order chi connectivity index (χ0) is 16.5. The number of rotatable bonds is 6. The molecule has 1 aromatic carbocycles. The summed E-state index contributed by atoms with van der Waals surface area (Å²) in [5, 5.41) is 23.4. The van der Waals surface area contributed by atoms with Crippen molar-refractivity contribution in [1.29, 1.82) is 0 Å². The van der Waals surface area contributed by atoms with Gasteiger partial charge in [-0.05, 0) is 18.4 Å². The van der Waals surface area contributed by atoms with Crippen LogP contribution in [0.3, 0.4) is 0 Å². The number of hydrogen-bond donors (Lipinski definition) is 2. The molecule has 3 atom stereocenters. The van der Waals surface area contributed by atoms with Gasteiger partial charge in [-0.2, -0.15) is 0 Å². The van der Waals surface area contributed by atoms with Crippen molar-refractivity contribution in [2.24, 2.45) is 10.6 Å². The Labute approximate surface area is 134 Å². The number of hydrogen-bond acceptors (Lipinski definition) is 5. The Kier molecular flexibility index (Phi) is 4.12. The summed E-state index contributed by atoms with van der Waals surface area (Å²) < 4.78 is 5.81. The summed E-state index contributed by atoms with van der Waals surface area (Å²) in [6.07, 6.45) is 0.587. The number of aliphatic hydroxyl groups is 1. The van der Waals surface area contributed by atoms with E-state index < -0.39 is 23.1 Å². The first-order chi connectivity index (χ1) is 11.0. The van der Waals surface area contributed by atoms with Crippen LogP contribution in [0.1, 0.15) is 31.7 Å². The number of oxime groups is 1. The molecule has 6 heteroatoms. The molecule has 0 spiro atoms. The minimum atomic E-state index is -1.09. The summed E-state index contributed by atoms with van der Waals surface area (Å²) in [7, 11) is 0. The maximum Gasteiger partial charge on any atom is 0.354 e. The largest absolute Gasteiger partial charge is 0.477 e. The Morgan fingerprint density at radius 3 is 2.78 bits per heavy atom. The first-order valence-electron chi connectivity index (χ1n) is 7.83. The third-order valence-electron chi connectivity index (χ3n) is 5.04. The highest BCUT2D eigenvalue weighted by atomic mass is 16.7. The minimum absolute atomic E-state index is 0.000129. The maximum absolute atomic E-state index is 11.5. The monoisotopic (exact) mass is 319 g/mol. The molecule has 6 nitrogen and oxygen atoms in total. The van der Waals surface area contributed by atoms with E-state index in [1.165, 1.54) is 0 Å². The van der Waals surface area contributed by atoms with Gasteiger partial charge < -0.3 is 19.8 Å². The maximum atomic E-state index is 11.5. The SMILES string of the molecule is CC[C@]12C[C@H](O)C[C@@]1(COCc1ccccc1)ON=C2C(=O)O. The molecule has 1 saturated carbocycles. The average molecular weight is 319 g/mol. The fourth-order valence-corrected chi connectivity index (χ4v) is 3.90. The van der Waals surface area contributed by atoms with Crippen LogP contribution < -0.4 is 0 Å². The van der Waals surface area contributed by atoms with E-state index in [1.807, 2.05) is 37.3 Å². The standard InChI is InChI=1S/C17H21NO5/c1-2-16-8-13(19)9-17(16,23-18-14(16)15(20)21)11-22-10-12-6-4-3-5-7-12/h3-7,13,19H,2,8-11H2,1H3,(H,20,21)/t13-,16+,17-/m0/s1. The van der Waals surface area contributed by atoms with Crippen molar-refractivity contribution in [3.05, 3.63) is 35.9 Å². The molecule has 3 rings (SSSR count). The summed E-state index contributed by atoms with van der Waals surface area (Å²) >= 11 is 0. The topological polar surface area (TPSA) is 88.4 Å². The first-order valence-corrected chi connectivity index (χ1v) is 7.83. The van der Waals surface area contributed by atoms with Crippen molar-refractivity contribution in [2.45, 2.75) is 44.5 Å². The van der Waals surface area contributed by atoms with Gasteiger partial charge in [0.25, 0.3) is 0 Å². The van der Waals surface area contributed by atoms with Crippen molar-refractivity contribution >= 4 is 11.7 Å². The predicted octanol–water partition coefficient (Wildman–Crippen LogP) is 1.96. The van der Waals surface area contributed by atoms with E-state index in [-0.39, 0.29) is 12.3 Å². The molecule has 124 valence electrons. The fraction of sp³-hybridized carbons (Fsp3) is 0.529. The highest BCUT2D eigenvalue weighted by Crippen LogP contribution is 2.55. The summed E-state index contributed by atoms with van der Waals surface area (Å²) in [6, 6.07) is 9.73. The number of carboxylic acids is 1. The number of nitrogens with zero attached hydrogens (tertiary/aromatic N) is 1. The number of carbonyl (C=O) groups is 1. The number of aliphatic carboxylic acids is 1. The van der Waals surface area contributed by atoms with Crippen molar-refractivity contribution in [3.63, 3.8) is 0 Å². The smallest absolute Gasteiger partial charge is 0.354 e. The molecular formula is C17H21NO5. The van der Waals surface area contributed by atoms with Crippen LogP contribution in [0.15, 0.2) is 35.5 Å². The third kappa shape index (κ3) is 2.52. The molecule has 0 unspecified atom stereocenters. The average Bonchev–Trinajstić information content (AvgIpc) is 2.97. The molecular weight excluding hydrogens is 298 g/mol. The van der Waals surface area contributed by atoms with Crippen LogP contribution in [-0.4, -0.2) is 40.2 Å². The summed E-state index contributed by atoms with van der Waals surface area (Å²) in [6.45, 7) is 2.51. The number of benzene rings is 1. The van der Waals surface area contributed by atoms with Gasteiger partial charge in [-0.15, -0.1) is 0 Å². The second-order valence-electron chi connectivity index (χ2n) is 6.31. The molecule has 2 aliphatic rings. The van der Waals surface area contributed by atoms with E-state index in [1.54, 1.807) is 0 Å². The minimum Gasteiger partial charge on any atom is -0.477 e. The molecule has 0 aromatic heterocycles. The van der Waals surface area contributed by atoms with Crippen molar-refractivity contribution < 1.29 is 24.6 Å². The second-order valence-corrected chi connectivity index (χ2v) is 6.31. The summed E-state index contributed by atoms with van der Waals surface area (Å²) in [4.78, 5) is 17.1. The van der Waals surface area contributed by atoms with Gasteiger partial charge in [0.15, 0.2) is 11.3 Å². The Balaban J connectivity index is 1.77. The van der Waals surface area contributed by atoms with Crippen LogP contribution in [0, 0.1) is 5.41 Å². The Morgan fingerprint density at radius 1 is 1.39 bits per heavy atom. The van der Waals surface area contributed by atoms with Gasteiger partial charge in [0.1, 0.15) is 0 Å². The van der Waals surface area contributed by atoms with E-state index in [2.05, 4.69) is 5.16 Å². The van der Waals surface area contributed by atoms with Crippen LogP contribution in [-0.2, 0) is 21.0 Å². The van der Waals surface area contributed by atoms with Crippen LogP contribution in [0.2, 0.25) is 0 Å². The molecule has 0 saturated heterocycles. The highest BCUT2D eigenvalue weighted by molar-refractivity contribution is 6.38. The van der Waals surface area contributed by atoms with Crippen LogP contribution in [0.4, 0.5) is 0 Å². The van der Waals surface area contributed by atoms with Gasteiger partial charge in [-0.25, -0.2) is 4.79 Å². The number of fused-ring (bicyclic) bond motifs is 1. The van der Waals surface area contributed by atoms with Crippen molar-refractivity contribution in [1.82, 2.24) is 0 Å². The van der Waals surface area contributed by atoms with E-state index >= 15 is 0 Å². The molecule has 1 aromatic rings. The molecule has 1 aliphatic carbocycles. The molecule has 23 heavy (non-hydrogen) atoms. The Hall–Kier alpha value is -1.92. The molecule has 0 amide bonds. The number of aliphatic hydroxyl groups excluding tert-OH is 1. The van der Waals surface area contributed by atoms with E-state index in [4.69, 9.17) is 9.57 Å². The molecule has 1 aliphatic heterocycles. The van der Waals surface area contributed by atoms with Crippen LogP contribution in [0.25, 0.3) is 0 Å². The predicted molar refractivity (Wildman–Crippen MR) is 82.9 cm³/mol. The number of carboxylic acid groups (broad SMARTS) is 1. The molecule has 0 radical (unpaired) electrons. The zero-order valence-corrected chi connectivity index (χ0v) is 13.1. The normalized spacial score (nSPS) is 32.3. The third-order valence-corrected chi connectivity index (χ3v) is 5.04. The second kappa shape index (κ2) is 5.94. The van der Waals surface area contributed by atoms with E-state index in [0.29, 0.717) is 25.9 Å². The summed E-state index contributed by atoms with van der Waals surface area (Å²) in [5.41, 5.74) is -0.666. The lowest BCUT2D eigenvalue weighted by molar-refractivity contribution is -0.131. The quantitative estimate of drug-likeness (QED) is 0.837. The lowest BCUT2D eigenvalue weighted by Gasteiger charge is -2.36. The van der Waals surface area contributed by atoms with Crippen LogP contribution in [0.5, 0.6) is 0 Å². The van der Waals surface area contributed by atoms with E-state index in [0.717, 1.165) is 5.56 Å². The van der Waals surface area contributed by atoms with Crippen molar-refractivity contribution in [2.75, 3.05) is 6.61 Å². The zero-order valence-electron chi connectivity index (χ0n) is 13.1. The summed E-state index contributed by atoms with van der Waals surface area (Å²) in [5.74, 6) is -1.09. The van der Waals surface area contributed by atoms with Gasteiger partial charge in [-0.1, -0.05) is 42.4 Å². The lowest BCUT2D eigenvalue weighted by Crippen LogP contribution is -2.50. The Morgan fingerprint density at radius 2 is 2.13 bits per heavy atom. The van der Waals surface area contributed by atoms with Gasteiger partial charge in [0.05, 0.1) is 24.7 Å². The van der Waals surface area contributed by atoms with Gasteiger partial charge in [-0.3, -0.25) is 0 Å². The van der Waals surface area contributed by atoms with Gasteiger partial charge in [0.2, 0.25) is 0 Å². The molecule has 0 bridgehead atoms. The lowest BCUT2D eigenvalue weighted by atomic mass is 9.69. The van der Waals surface area contributed by atoms with Crippen LogP contribution >= 0.6 is 0 Å². The van der Waals surface area contributed by atoms with Gasteiger partial charge >= 0.3 is 5.97 Å². The fourth-order valence-electron chi connectivity index (χ4n) is 3.90. The molecule has 1 fully saturated rings. The molecule has 2 N–H and O–H groups in total. The van der Waals surface area contributed by atoms with Crippen molar-refractivity contribution in [3.8, 4) is 0 Å².